The van der Waals surface area contributed by atoms with Gasteiger partial charge in [-0.05, 0) is 22.8 Å². The molecule has 0 fully saturated rings. The molecule has 1 heterocycles. The van der Waals surface area contributed by atoms with E-state index >= 15 is 0 Å². The summed E-state index contributed by atoms with van der Waals surface area (Å²) in [6, 6.07) is 26.2. The van der Waals surface area contributed by atoms with Gasteiger partial charge in [-0.25, -0.2) is 0 Å². The van der Waals surface area contributed by atoms with Gasteiger partial charge in [0.05, 0.1) is 6.61 Å². The molecule has 3 aromatic carbocycles. The molecule has 3 nitrogen and oxygen atoms in total. The monoisotopic (exact) mass is 375 g/mol. The van der Waals surface area contributed by atoms with Gasteiger partial charge in [0.25, 0.3) is 0 Å². The van der Waals surface area contributed by atoms with Crippen molar-refractivity contribution in [2.75, 3.05) is 4.90 Å². The summed E-state index contributed by atoms with van der Waals surface area (Å²) in [6.07, 6.45) is 0.769. The average Bonchev–Trinajstić information content (AvgIpc) is 3.05. The molecule has 0 spiro atoms. The Bertz CT molecular complexity index is 942. The second-order valence-corrected chi connectivity index (χ2v) is 7.08. The molecule has 4 rings (SSSR count). The fourth-order valence-corrected chi connectivity index (χ4v) is 3.79. The number of carbonyl (C=O) groups is 1. The van der Waals surface area contributed by atoms with Crippen LogP contribution in [0.4, 0.5) is 5.69 Å². The van der Waals surface area contributed by atoms with E-state index in [0.29, 0.717) is 18.7 Å². The molecule has 0 aliphatic carbocycles. The van der Waals surface area contributed by atoms with Crippen LogP contribution in [0.1, 0.15) is 27.0 Å². The zero-order valence-corrected chi connectivity index (χ0v) is 15.8. The summed E-state index contributed by atoms with van der Waals surface area (Å²) >= 11 is 4.03. The number of anilines is 1. The van der Waals surface area contributed by atoms with E-state index in [4.69, 9.17) is 4.74 Å². The summed E-state index contributed by atoms with van der Waals surface area (Å²) in [5.41, 5.74) is 5.19. The van der Waals surface area contributed by atoms with E-state index in [9.17, 15) is 4.79 Å². The highest BCUT2D eigenvalue weighted by molar-refractivity contribution is 7.97. The zero-order chi connectivity index (χ0) is 18.6. The van der Waals surface area contributed by atoms with Gasteiger partial charge < -0.3 is 9.64 Å². The SMILES string of the molecule is O=C(S)c1ccccc1CN1c2ccccc2CC1OCc1ccccc1. The van der Waals surface area contributed by atoms with Gasteiger partial charge in [-0.2, -0.15) is 0 Å². The van der Waals surface area contributed by atoms with Gasteiger partial charge in [-0.15, -0.1) is 12.6 Å². The first kappa shape index (κ1) is 17.8. The van der Waals surface area contributed by atoms with Crippen molar-refractivity contribution in [3.63, 3.8) is 0 Å². The van der Waals surface area contributed by atoms with Crippen LogP contribution >= 0.6 is 12.6 Å². The van der Waals surface area contributed by atoms with Crippen molar-refractivity contribution >= 4 is 23.4 Å². The molecule has 1 aliphatic rings. The first-order chi connectivity index (χ1) is 13.2. The summed E-state index contributed by atoms with van der Waals surface area (Å²) in [5.74, 6) is 0. The first-order valence-corrected chi connectivity index (χ1v) is 9.48. The van der Waals surface area contributed by atoms with E-state index in [-0.39, 0.29) is 11.3 Å². The summed E-state index contributed by atoms with van der Waals surface area (Å²) in [6.45, 7) is 1.17. The van der Waals surface area contributed by atoms with Crippen LogP contribution < -0.4 is 4.90 Å². The van der Waals surface area contributed by atoms with Crippen molar-refractivity contribution in [2.24, 2.45) is 0 Å². The lowest BCUT2D eigenvalue weighted by molar-refractivity contribution is 0.0433. The number of carbonyl (C=O) groups excluding carboxylic acids is 1. The van der Waals surface area contributed by atoms with Crippen molar-refractivity contribution in [2.45, 2.75) is 25.8 Å². The lowest BCUT2D eigenvalue weighted by Gasteiger charge is -2.28. The highest BCUT2D eigenvalue weighted by atomic mass is 32.1. The third-order valence-electron chi connectivity index (χ3n) is 4.92. The summed E-state index contributed by atoms with van der Waals surface area (Å²) < 4.78 is 6.28. The van der Waals surface area contributed by atoms with E-state index in [2.05, 4.69) is 47.9 Å². The van der Waals surface area contributed by atoms with E-state index in [0.717, 1.165) is 23.2 Å². The topological polar surface area (TPSA) is 29.5 Å². The van der Waals surface area contributed by atoms with E-state index in [1.54, 1.807) is 0 Å². The van der Waals surface area contributed by atoms with E-state index in [1.165, 1.54) is 5.56 Å². The van der Waals surface area contributed by atoms with Gasteiger partial charge in [0.2, 0.25) is 5.12 Å². The van der Waals surface area contributed by atoms with Gasteiger partial charge >= 0.3 is 0 Å². The molecule has 4 heteroatoms. The highest BCUT2D eigenvalue weighted by Gasteiger charge is 2.30. The molecule has 3 aromatic rings. The molecular formula is C23H21NO2S. The molecule has 0 bridgehead atoms. The fourth-order valence-electron chi connectivity index (χ4n) is 3.57. The molecule has 0 saturated carbocycles. The predicted octanol–water partition coefficient (Wildman–Crippen LogP) is 4.86. The molecule has 1 atom stereocenters. The third-order valence-corrected chi connectivity index (χ3v) is 5.16. The van der Waals surface area contributed by atoms with Crippen LogP contribution in [0.2, 0.25) is 0 Å². The van der Waals surface area contributed by atoms with Gasteiger partial charge in [0, 0.05) is 24.2 Å². The summed E-state index contributed by atoms with van der Waals surface area (Å²) in [7, 11) is 0. The summed E-state index contributed by atoms with van der Waals surface area (Å²) in [5, 5.41) is -0.208. The Morgan fingerprint density at radius 1 is 0.963 bits per heavy atom. The minimum absolute atomic E-state index is 0.0642. The number of hydrogen-bond acceptors (Lipinski definition) is 3. The molecule has 136 valence electrons. The number of nitrogens with zero attached hydrogens (tertiary/aromatic N) is 1. The molecule has 27 heavy (non-hydrogen) atoms. The minimum atomic E-state index is -0.208. The molecule has 1 aliphatic heterocycles. The lowest BCUT2D eigenvalue weighted by Crippen LogP contribution is -2.34. The Morgan fingerprint density at radius 2 is 1.67 bits per heavy atom. The lowest BCUT2D eigenvalue weighted by atomic mass is 10.1. The second kappa shape index (κ2) is 7.99. The van der Waals surface area contributed by atoms with E-state index < -0.39 is 0 Å². The molecule has 0 aromatic heterocycles. The van der Waals surface area contributed by atoms with Gasteiger partial charge in [-0.3, -0.25) is 4.79 Å². The van der Waals surface area contributed by atoms with Gasteiger partial charge in [0.15, 0.2) is 0 Å². The van der Waals surface area contributed by atoms with Crippen LogP contribution in [0.3, 0.4) is 0 Å². The molecular weight excluding hydrogens is 354 g/mol. The number of hydrogen-bond donors (Lipinski definition) is 1. The fraction of sp³-hybridized carbons (Fsp3) is 0.174. The Kier molecular flexibility index (Phi) is 5.28. The number of rotatable bonds is 6. The number of benzene rings is 3. The maximum Gasteiger partial charge on any atom is 0.216 e. The van der Waals surface area contributed by atoms with Gasteiger partial charge in [-0.1, -0.05) is 72.8 Å². The largest absolute Gasteiger partial charge is 0.353 e. The van der Waals surface area contributed by atoms with Crippen LogP contribution in [0, 0.1) is 0 Å². The minimum Gasteiger partial charge on any atom is -0.353 e. The Hall–Kier alpha value is -2.56. The molecule has 0 saturated heterocycles. The Morgan fingerprint density at radius 3 is 2.48 bits per heavy atom. The standard InChI is InChI=1S/C23H21NO2S/c25-23(27)20-12-6-4-11-19(20)15-24-21-13-7-5-10-18(21)14-22(24)26-16-17-8-2-1-3-9-17/h1-13,22H,14-16H2,(H,25,27). The Balaban J connectivity index is 1.59. The van der Waals surface area contributed by atoms with Crippen molar-refractivity contribution in [3.8, 4) is 0 Å². The maximum atomic E-state index is 11.9. The highest BCUT2D eigenvalue weighted by Crippen LogP contribution is 2.34. The molecule has 0 N–H and O–H groups in total. The summed E-state index contributed by atoms with van der Waals surface area (Å²) in [4.78, 5) is 14.1. The van der Waals surface area contributed by atoms with E-state index in [1.807, 2.05) is 48.5 Å². The van der Waals surface area contributed by atoms with Crippen molar-refractivity contribution in [1.29, 1.82) is 0 Å². The van der Waals surface area contributed by atoms with Crippen molar-refractivity contribution < 1.29 is 9.53 Å². The van der Waals surface area contributed by atoms with Crippen LogP contribution in [0.25, 0.3) is 0 Å². The number of ether oxygens (including phenoxy) is 1. The maximum absolute atomic E-state index is 11.9. The zero-order valence-electron chi connectivity index (χ0n) is 14.9. The molecule has 0 radical (unpaired) electrons. The quantitative estimate of drug-likeness (QED) is 0.624. The first-order valence-electron chi connectivity index (χ1n) is 9.03. The van der Waals surface area contributed by atoms with Crippen LogP contribution in [0.5, 0.6) is 0 Å². The predicted molar refractivity (Wildman–Crippen MR) is 111 cm³/mol. The smallest absolute Gasteiger partial charge is 0.216 e. The van der Waals surface area contributed by atoms with Crippen LogP contribution in [0.15, 0.2) is 78.9 Å². The molecule has 1 unspecified atom stereocenters. The van der Waals surface area contributed by atoms with Gasteiger partial charge in [0.1, 0.15) is 6.23 Å². The van der Waals surface area contributed by atoms with Crippen molar-refractivity contribution in [1.82, 2.24) is 0 Å². The Labute approximate surface area is 165 Å². The number of thiol groups is 1. The second-order valence-electron chi connectivity index (χ2n) is 6.67. The third kappa shape index (κ3) is 3.92. The van der Waals surface area contributed by atoms with Crippen LogP contribution in [-0.2, 0) is 24.3 Å². The number of fused-ring (bicyclic) bond motifs is 1. The number of para-hydroxylation sites is 1. The van der Waals surface area contributed by atoms with Crippen molar-refractivity contribution in [3.05, 3.63) is 101 Å². The average molecular weight is 375 g/mol. The normalized spacial score (nSPS) is 15.6. The molecule has 0 amide bonds. The van der Waals surface area contributed by atoms with Crippen LogP contribution in [-0.4, -0.2) is 11.3 Å².